The molecule has 0 bridgehead atoms. The quantitative estimate of drug-likeness (QED) is 0.872. The van der Waals surface area contributed by atoms with Gasteiger partial charge in [0, 0.05) is 11.1 Å². The second-order valence-electron chi connectivity index (χ2n) is 4.35. The van der Waals surface area contributed by atoms with E-state index in [0.717, 1.165) is 17.0 Å². The Labute approximate surface area is 107 Å². The summed E-state index contributed by atoms with van der Waals surface area (Å²) >= 11 is 5.96. The van der Waals surface area contributed by atoms with Gasteiger partial charge in [-0.05, 0) is 36.6 Å². The van der Waals surface area contributed by atoms with E-state index < -0.39 is 0 Å². The van der Waals surface area contributed by atoms with Crippen molar-refractivity contribution >= 4 is 11.6 Å². The Balaban J connectivity index is 2.11. The molecule has 2 aromatic carbocycles. The first-order valence-electron chi connectivity index (χ1n) is 5.72. The Morgan fingerprint density at radius 2 is 1.82 bits per heavy atom. The average Bonchev–Trinajstić information content (AvgIpc) is 2.32. The summed E-state index contributed by atoms with van der Waals surface area (Å²) in [6, 6.07) is 16.2. The highest BCUT2D eigenvalue weighted by Crippen LogP contribution is 2.19. The molecular formula is C15H16ClN. The van der Waals surface area contributed by atoms with Crippen LogP contribution in [0.5, 0.6) is 0 Å². The van der Waals surface area contributed by atoms with Gasteiger partial charge in [-0.15, -0.1) is 0 Å². The van der Waals surface area contributed by atoms with Crippen LogP contribution in [0.25, 0.3) is 0 Å². The zero-order valence-electron chi connectivity index (χ0n) is 9.86. The highest BCUT2D eigenvalue weighted by molar-refractivity contribution is 6.30. The summed E-state index contributed by atoms with van der Waals surface area (Å²) in [4.78, 5) is 0. The van der Waals surface area contributed by atoms with Gasteiger partial charge in [-0.1, -0.05) is 53.6 Å². The van der Waals surface area contributed by atoms with Crippen LogP contribution in [-0.2, 0) is 6.42 Å². The van der Waals surface area contributed by atoms with Crippen molar-refractivity contribution in [2.24, 2.45) is 5.73 Å². The maximum absolute atomic E-state index is 6.18. The predicted molar refractivity (Wildman–Crippen MR) is 73.3 cm³/mol. The highest BCUT2D eigenvalue weighted by Gasteiger charge is 2.07. The zero-order valence-corrected chi connectivity index (χ0v) is 10.6. The van der Waals surface area contributed by atoms with Crippen molar-refractivity contribution in [3.8, 4) is 0 Å². The number of hydrogen-bond donors (Lipinski definition) is 1. The lowest BCUT2D eigenvalue weighted by atomic mass is 9.99. The molecule has 2 aromatic rings. The normalized spacial score (nSPS) is 12.4. The minimum absolute atomic E-state index is 0.00333. The maximum atomic E-state index is 6.18. The molecule has 0 aliphatic carbocycles. The van der Waals surface area contributed by atoms with Crippen molar-refractivity contribution in [3.05, 3.63) is 70.2 Å². The summed E-state index contributed by atoms with van der Waals surface area (Å²) in [6.07, 6.45) is 0.834. The van der Waals surface area contributed by atoms with Crippen LogP contribution in [0.4, 0.5) is 0 Å². The number of benzene rings is 2. The topological polar surface area (TPSA) is 26.0 Å². The van der Waals surface area contributed by atoms with Crippen LogP contribution in [0.3, 0.4) is 0 Å². The zero-order chi connectivity index (χ0) is 12.3. The second-order valence-corrected chi connectivity index (χ2v) is 4.79. The van der Waals surface area contributed by atoms with Gasteiger partial charge in [-0.3, -0.25) is 0 Å². The van der Waals surface area contributed by atoms with E-state index in [0.29, 0.717) is 0 Å². The van der Waals surface area contributed by atoms with Crippen molar-refractivity contribution < 1.29 is 0 Å². The molecule has 2 rings (SSSR count). The van der Waals surface area contributed by atoms with E-state index in [2.05, 4.69) is 31.2 Å². The van der Waals surface area contributed by atoms with E-state index in [1.807, 2.05) is 24.3 Å². The van der Waals surface area contributed by atoms with E-state index in [-0.39, 0.29) is 6.04 Å². The lowest BCUT2D eigenvalue weighted by Gasteiger charge is -2.12. The van der Waals surface area contributed by atoms with E-state index in [1.54, 1.807) is 0 Å². The van der Waals surface area contributed by atoms with Crippen molar-refractivity contribution in [1.82, 2.24) is 0 Å². The van der Waals surface area contributed by atoms with E-state index in [1.165, 1.54) is 11.1 Å². The molecule has 2 heteroatoms. The Hall–Kier alpha value is -1.31. The Bertz CT molecular complexity index is 491. The highest BCUT2D eigenvalue weighted by atomic mass is 35.5. The molecule has 1 atom stereocenters. The largest absolute Gasteiger partial charge is 0.324 e. The minimum Gasteiger partial charge on any atom is -0.324 e. The van der Waals surface area contributed by atoms with E-state index >= 15 is 0 Å². The summed E-state index contributed by atoms with van der Waals surface area (Å²) in [5, 5.41) is 0.738. The average molecular weight is 246 g/mol. The second kappa shape index (κ2) is 5.35. The molecule has 88 valence electrons. The molecule has 0 saturated carbocycles. The molecule has 0 aromatic heterocycles. The molecule has 0 amide bonds. The van der Waals surface area contributed by atoms with Crippen LogP contribution in [0, 0.1) is 6.92 Å². The maximum Gasteiger partial charge on any atom is 0.0409 e. The number of halogens is 1. The Morgan fingerprint density at radius 1 is 1.12 bits per heavy atom. The molecule has 1 nitrogen and oxygen atoms in total. The first-order chi connectivity index (χ1) is 8.15. The van der Waals surface area contributed by atoms with Gasteiger partial charge in [0.1, 0.15) is 0 Å². The molecule has 0 spiro atoms. The fourth-order valence-electron chi connectivity index (χ4n) is 1.83. The van der Waals surface area contributed by atoms with Crippen LogP contribution >= 0.6 is 11.6 Å². The summed E-state index contributed by atoms with van der Waals surface area (Å²) in [5.41, 5.74) is 9.78. The fourth-order valence-corrected chi connectivity index (χ4v) is 2.03. The summed E-state index contributed by atoms with van der Waals surface area (Å²) in [6.45, 7) is 2.08. The number of hydrogen-bond acceptors (Lipinski definition) is 1. The first-order valence-corrected chi connectivity index (χ1v) is 6.09. The van der Waals surface area contributed by atoms with Crippen LogP contribution in [0.15, 0.2) is 48.5 Å². The molecule has 17 heavy (non-hydrogen) atoms. The van der Waals surface area contributed by atoms with Gasteiger partial charge < -0.3 is 5.73 Å². The molecule has 0 fully saturated rings. The lowest BCUT2D eigenvalue weighted by molar-refractivity contribution is 0.722. The smallest absolute Gasteiger partial charge is 0.0409 e. The molecule has 2 N–H and O–H groups in total. The molecule has 0 heterocycles. The van der Waals surface area contributed by atoms with Gasteiger partial charge in [0.15, 0.2) is 0 Å². The van der Waals surface area contributed by atoms with Gasteiger partial charge in [-0.2, -0.15) is 0 Å². The van der Waals surface area contributed by atoms with Crippen molar-refractivity contribution in [2.45, 2.75) is 19.4 Å². The monoisotopic (exact) mass is 245 g/mol. The van der Waals surface area contributed by atoms with Gasteiger partial charge in [0.2, 0.25) is 0 Å². The van der Waals surface area contributed by atoms with Crippen molar-refractivity contribution in [2.75, 3.05) is 0 Å². The molecule has 1 unspecified atom stereocenters. The van der Waals surface area contributed by atoms with Crippen molar-refractivity contribution in [1.29, 1.82) is 0 Å². The van der Waals surface area contributed by atoms with Gasteiger partial charge in [0.25, 0.3) is 0 Å². The molecule has 0 aliphatic rings. The number of aryl methyl sites for hydroxylation is 1. The van der Waals surface area contributed by atoms with Crippen LogP contribution in [0.1, 0.15) is 22.7 Å². The summed E-state index contributed by atoms with van der Waals surface area (Å²) in [5.74, 6) is 0. The number of rotatable bonds is 3. The number of nitrogens with two attached hydrogens (primary N) is 1. The standard InChI is InChI=1S/C15H16ClN/c1-11-5-7-12(8-6-11)9-15(17)13-3-2-4-14(16)10-13/h2-8,10,15H,9,17H2,1H3. The first kappa shape index (κ1) is 12.2. The molecule has 0 aliphatic heterocycles. The minimum atomic E-state index is -0.00333. The summed E-state index contributed by atoms with van der Waals surface area (Å²) in [7, 11) is 0. The third-order valence-electron chi connectivity index (χ3n) is 2.85. The molecule has 0 saturated heterocycles. The van der Waals surface area contributed by atoms with Gasteiger partial charge in [0.05, 0.1) is 0 Å². The van der Waals surface area contributed by atoms with E-state index in [9.17, 15) is 0 Å². The van der Waals surface area contributed by atoms with Crippen LogP contribution in [0.2, 0.25) is 5.02 Å². The third-order valence-corrected chi connectivity index (χ3v) is 3.09. The Morgan fingerprint density at radius 3 is 2.47 bits per heavy atom. The van der Waals surface area contributed by atoms with E-state index in [4.69, 9.17) is 17.3 Å². The third kappa shape index (κ3) is 3.32. The Kier molecular flexibility index (Phi) is 3.82. The summed E-state index contributed by atoms with van der Waals surface area (Å²) < 4.78 is 0. The predicted octanol–water partition coefficient (Wildman–Crippen LogP) is 3.89. The van der Waals surface area contributed by atoms with Gasteiger partial charge in [-0.25, -0.2) is 0 Å². The fraction of sp³-hybridized carbons (Fsp3) is 0.200. The van der Waals surface area contributed by atoms with Gasteiger partial charge >= 0.3 is 0 Å². The molecular weight excluding hydrogens is 230 g/mol. The van der Waals surface area contributed by atoms with Crippen LogP contribution < -0.4 is 5.73 Å². The molecule has 0 radical (unpaired) electrons. The van der Waals surface area contributed by atoms with Crippen molar-refractivity contribution in [3.63, 3.8) is 0 Å². The lowest BCUT2D eigenvalue weighted by Crippen LogP contribution is -2.13. The SMILES string of the molecule is Cc1ccc(CC(N)c2cccc(Cl)c2)cc1. The van der Waals surface area contributed by atoms with Crippen LogP contribution in [-0.4, -0.2) is 0 Å².